The zero-order valence-corrected chi connectivity index (χ0v) is 17.4. The Morgan fingerprint density at radius 3 is 2.62 bits per heavy atom. The summed E-state index contributed by atoms with van der Waals surface area (Å²) in [7, 11) is 1.70. The summed E-state index contributed by atoms with van der Waals surface area (Å²) in [6.07, 6.45) is 5.16. The molecule has 0 spiro atoms. The summed E-state index contributed by atoms with van der Waals surface area (Å²) in [5.41, 5.74) is 2.71. The zero-order valence-electron chi connectivity index (χ0n) is 17.4. The monoisotopic (exact) mass is 400 g/mol. The first-order chi connectivity index (χ1) is 13.8. The fourth-order valence-corrected chi connectivity index (χ4v) is 3.56. The second-order valence-electron chi connectivity index (χ2n) is 7.53. The van der Waals surface area contributed by atoms with Crippen LogP contribution in [0.4, 0.5) is 4.79 Å². The predicted molar refractivity (Wildman–Crippen MR) is 106 cm³/mol. The molecule has 1 aromatic carbocycles. The zero-order chi connectivity index (χ0) is 21.0. The molecule has 1 unspecified atom stereocenters. The highest BCUT2D eigenvalue weighted by molar-refractivity contribution is 5.96. The van der Waals surface area contributed by atoms with E-state index in [2.05, 4.69) is 9.98 Å². The quantitative estimate of drug-likeness (QED) is 0.732. The fraction of sp³-hybridized carbons (Fsp3) is 0.524. The van der Waals surface area contributed by atoms with Crippen molar-refractivity contribution in [2.24, 2.45) is 12.0 Å². The minimum atomic E-state index is -0.692. The molecule has 1 heterocycles. The van der Waals surface area contributed by atoms with Crippen molar-refractivity contribution in [1.82, 2.24) is 14.3 Å². The van der Waals surface area contributed by atoms with Crippen LogP contribution in [0.15, 0.2) is 29.5 Å². The number of carbonyl (C=O) groups is 2. The van der Waals surface area contributed by atoms with Gasteiger partial charge in [-0.3, -0.25) is 9.48 Å². The Morgan fingerprint density at radius 2 is 1.93 bits per heavy atom. The van der Waals surface area contributed by atoms with Gasteiger partial charge in [0.2, 0.25) is 5.62 Å². The Bertz CT molecular complexity index is 954. The maximum Gasteiger partial charge on any atom is 0.510 e. The first-order valence-corrected chi connectivity index (χ1v) is 9.99. The number of aryl methyl sites for hydroxylation is 2. The highest BCUT2D eigenvalue weighted by atomic mass is 16.7. The van der Waals surface area contributed by atoms with Crippen LogP contribution < -0.4 is 5.62 Å². The normalized spacial score (nSPS) is 16.5. The lowest BCUT2D eigenvalue weighted by Gasteiger charge is -2.23. The molecule has 1 amide bonds. The molecular weight excluding hydrogens is 372 g/mol. The van der Waals surface area contributed by atoms with Crippen molar-refractivity contribution in [1.29, 1.82) is 0 Å². The summed E-state index contributed by atoms with van der Waals surface area (Å²) in [5, 5.41) is 0. The van der Waals surface area contributed by atoms with Crippen LogP contribution >= 0.6 is 0 Å². The Balaban J connectivity index is 1.69. The molecule has 0 N–H and O–H groups in total. The molecule has 1 saturated carbocycles. The van der Waals surface area contributed by atoms with E-state index in [1.807, 2.05) is 26.0 Å². The largest absolute Gasteiger partial charge is 0.510 e. The predicted octanol–water partition coefficient (Wildman–Crippen LogP) is 3.58. The van der Waals surface area contributed by atoms with Crippen LogP contribution in [0.5, 0.6) is 0 Å². The van der Waals surface area contributed by atoms with E-state index in [0.717, 1.165) is 36.8 Å². The maximum absolute atomic E-state index is 12.5. The number of amides is 1. The lowest BCUT2D eigenvalue weighted by atomic mass is 9.98. The molecule has 0 aliphatic heterocycles. The van der Waals surface area contributed by atoms with E-state index in [9.17, 15) is 9.59 Å². The van der Waals surface area contributed by atoms with Gasteiger partial charge in [-0.05, 0) is 58.1 Å². The molecule has 1 aromatic heterocycles. The smallest absolute Gasteiger partial charge is 0.431 e. The minimum Gasteiger partial charge on any atom is -0.431 e. The molecule has 8 heteroatoms. The number of carbonyl (C=O) groups excluding carboxylic acids is 2. The summed E-state index contributed by atoms with van der Waals surface area (Å²) in [6, 6.07) is 5.58. The minimum absolute atomic E-state index is 0.0686. The van der Waals surface area contributed by atoms with Gasteiger partial charge < -0.3 is 9.47 Å². The first kappa shape index (κ1) is 20.8. The van der Waals surface area contributed by atoms with E-state index in [4.69, 9.17) is 9.47 Å². The summed E-state index contributed by atoms with van der Waals surface area (Å²) >= 11 is 0. The Kier molecular flexibility index (Phi) is 6.51. The number of ether oxygens (including phenoxy) is 2. The number of rotatable bonds is 4. The van der Waals surface area contributed by atoms with Crippen molar-refractivity contribution in [2.45, 2.75) is 65.2 Å². The van der Waals surface area contributed by atoms with Crippen LogP contribution in [0.3, 0.4) is 0 Å². The van der Waals surface area contributed by atoms with E-state index >= 15 is 0 Å². The van der Waals surface area contributed by atoms with Gasteiger partial charge in [0.05, 0.1) is 0 Å². The van der Waals surface area contributed by atoms with E-state index in [1.165, 1.54) is 12.7 Å². The third-order valence-electron chi connectivity index (χ3n) is 5.20. The van der Waals surface area contributed by atoms with Crippen molar-refractivity contribution < 1.29 is 19.1 Å². The molecule has 0 saturated heterocycles. The van der Waals surface area contributed by atoms with E-state index < -0.39 is 12.4 Å². The van der Waals surface area contributed by atoms with Gasteiger partial charge in [0.1, 0.15) is 12.4 Å². The molecule has 1 fully saturated rings. The first-order valence-electron chi connectivity index (χ1n) is 9.99. The van der Waals surface area contributed by atoms with Crippen molar-refractivity contribution in [3.8, 4) is 0 Å². The maximum atomic E-state index is 12.5. The molecule has 0 bridgehead atoms. The molecule has 1 aliphatic carbocycles. The van der Waals surface area contributed by atoms with Gasteiger partial charge in [0.15, 0.2) is 6.23 Å². The molecule has 156 valence electrons. The van der Waals surface area contributed by atoms with Gasteiger partial charge >= 0.3 is 6.16 Å². The third kappa shape index (κ3) is 5.13. The summed E-state index contributed by atoms with van der Waals surface area (Å²) in [6.45, 7) is 5.56. The van der Waals surface area contributed by atoms with Gasteiger partial charge in [-0.25, -0.2) is 14.5 Å². The van der Waals surface area contributed by atoms with Crippen LogP contribution in [0.25, 0.3) is 0 Å². The summed E-state index contributed by atoms with van der Waals surface area (Å²) < 4.78 is 13.9. The van der Waals surface area contributed by atoms with Gasteiger partial charge in [-0.15, -0.1) is 0 Å². The highest BCUT2D eigenvalue weighted by Crippen LogP contribution is 2.21. The van der Waals surface area contributed by atoms with E-state index in [-0.39, 0.29) is 17.6 Å². The third-order valence-corrected chi connectivity index (χ3v) is 5.20. The van der Waals surface area contributed by atoms with Crippen LogP contribution in [-0.2, 0) is 16.5 Å². The van der Waals surface area contributed by atoms with Crippen molar-refractivity contribution in [3.05, 3.63) is 46.8 Å². The summed E-state index contributed by atoms with van der Waals surface area (Å²) in [4.78, 5) is 32.9. The standard InChI is InChI=1S/C21H28N4O4/c1-14-10-11-18(15(2)12-14)19(26)23-20-22-13-25(24(20)4)16(3)28-21(27)29-17-8-6-5-7-9-17/h10-13,16-17H,5-9H2,1-4H3. The molecule has 1 aliphatic rings. The lowest BCUT2D eigenvalue weighted by Crippen LogP contribution is -2.28. The molecule has 1 atom stereocenters. The molecule has 29 heavy (non-hydrogen) atoms. The van der Waals surface area contributed by atoms with Crippen LogP contribution in [0.1, 0.15) is 66.7 Å². The van der Waals surface area contributed by atoms with Crippen LogP contribution in [0.2, 0.25) is 0 Å². The lowest BCUT2D eigenvalue weighted by molar-refractivity contribution is -0.0316. The van der Waals surface area contributed by atoms with Gasteiger partial charge in [0.25, 0.3) is 5.91 Å². The SMILES string of the molecule is Cc1ccc(C(=O)N=c2ncn(C(C)OC(=O)OC3CCCCC3)n2C)c(C)c1. The molecular formula is C21H28N4O4. The Morgan fingerprint density at radius 1 is 1.21 bits per heavy atom. The average Bonchev–Trinajstić information content (AvgIpc) is 3.02. The van der Waals surface area contributed by atoms with Gasteiger partial charge in [-0.2, -0.15) is 4.99 Å². The second-order valence-corrected chi connectivity index (χ2v) is 7.53. The molecule has 0 radical (unpaired) electrons. The van der Waals surface area contributed by atoms with Crippen molar-refractivity contribution >= 4 is 12.1 Å². The number of benzene rings is 1. The number of hydrogen-bond donors (Lipinski definition) is 0. The highest BCUT2D eigenvalue weighted by Gasteiger charge is 2.21. The van der Waals surface area contributed by atoms with E-state index in [1.54, 1.807) is 29.4 Å². The summed E-state index contributed by atoms with van der Waals surface area (Å²) in [5.74, 6) is -0.367. The number of nitrogens with zero attached hydrogens (tertiary/aromatic N) is 4. The second kappa shape index (κ2) is 9.07. The van der Waals surface area contributed by atoms with Gasteiger partial charge in [0, 0.05) is 12.6 Å². The van der Waals surface area contributed by atoms with E-state index in [0.29, 0.717) is 5.56 Å². The van der Waals surface area contributed by atoms with Crippen molar-refractivity contribution in [3.63, 3.8) is 0 Å². The fourth-order valence-electron chi connectivity index (χ4n) is 3.56. The Labute approximate surface area is 170 Å². The van der Waals surface area contributed by atoms with Crippen LogP contribution in [0, 0.1) is 13.8 Å². The molecule has 8 nitrogen and oxygen atoms in total. The Hall–Kier alpha value is -2.90. The van der Waals surface area contributed by atoms with Gasteiger partial charge in [-0.1, -0.05) is 24.1 Å². The van der Waals surface area contributed by atoms with Crippen molar-refractivity contribution in [2.75, 3.05) is 0 Å². The number of aromatic nitrogens is 3. The molecule has 2 aromatic rings. The average molecular weight is 400 g/mol. The topological polar surface area (TPSA) is 87.7 Å². The molecule has 3 rings (SSSR count). The van der Waals surface area contributed by atoms with Crippen LogP contribution in [-0.4, -0.2) is 32.5 Å². The number of hydrogen-bond acceptors (Lipinski definition) is 5.